The van der Waals surface area contributed by atoms with Gasteiger partial charge in [0.1, 0.15) is 11.9 Å². The van der Waals surface area contributed by atoms with Crippen LogP contribution in [0.2, 0.25) is 0 Å². The first-order valence-corrected chi connectivity index (χ1v) is 13.8. The molecular weight excluding hydrogens is 476 g/mol. The van der Waals surface area contributed by atoms with Crippen molar-refractivity contribution in [2.75, 3.05) is 0 Å². The number of ether oxygens (including phenoxy) is 2. The molecule has 7 nitrogen and oxygen atoms in total. The van der Waals surface area contributed by atoms with Crippen LogP contribution in [0.15, 0.2) is 11.0 Å². The monoisotopic (exact) mass is 516 g/mol. The highest BCUT2D eigenvalue weighted by Gasteiger charge is 2.53. The Morgan fingerprint density at radius 3 is 2.61 bits per heavy atom. The average molecular weight is 517 g/mol. The van der Waals surface area contributed by atoms with Crippen molar-refractivity contribution in [3.63, 3.8) is 0 Å². The van der Waals surface area contributed by atoms with E-state index in [1.54, 1.807) is 32.1 Å². The lowest BCUT2D eigenvalue weighted by Crippen LogP contribution is -2.43. The van der Waals surface area contributed by atoms with Gasteiger partial charge in [-0.3, -0.25) is 9.59 Å². The van der Waals surface area contributed by atoms with Gasteiger partial charge in [-0.1, -0.05) is 34.1 Å². The molecule has 3 heterocycles. The number of thiazole rings is 1. The smallest absolute Gasteiger partial charge is 0.307 e. The number of hydrogen-bond acceptors (Lipinski definition) is 8. The summed E-state index contributed by atoms with van der Waals surface area (Å²) in [7, 11) is 0. The number of nitrogens with zero attached hydrogens (tertiary/aromatic N) is 2. The van der Waals surface area contributed by atoms with Crippen molar-refractivity contribution in [3.05, 3.63) is 21.7 Å². The molecule has 2 saturated heterocycles. The summed E-state index contributed by atoms with van der Waals surface area (Å²) in [4.78, 5) is 31.0. The number of ketones is 1. The molecule has 2 aliphatic heterocycles. The molecule has 1 N–H and O–H groups in total. The molecule has 0 amide bonds. The number of hydrogen-bond donors (Lipinski definition) is 1. The number of esters is 1. The summed E-state index contributed by atoms with van der Waals surface area (Å²) < 4.78 is 12.0. The van der Waals surface area contributed by atoms with Crippen LogP contribution in [-0.2, 0) is 19.1 Å². The van der Waals surface area contributed by atoms with Crippen LogP contribution in [0.25, 0.3) is 6.08 Å². The third-order valence-electron chi connectivity index (χ3n) is 8.13. The largest absolute Gasteiger partial charge is 0.458 e. The minimum Gasteiger partial charge on any atom is -0.458 e. The van der Waals surface area contributed by atoms with Gasteiger partial charge in [0.2, 0.25) is 0 Å². The number of carbonyl (C=O) groups is 2. The predicted octanol–water partition coefficient (Wildman–Crippen LogP) is 5.26. The van der Waals surface area contributed by atoms with Gasteiger partial charge in [0.15, 0.2) is 0 Å². The lowest BCUT2D eigenvalue weighted by Gasteiger charge is -2.34. The zero-order chi connectivity index (χ0) is 26.8. The second kappa shape index (κ2) is 11.1. The highest BCUT2D eigenvalue weighted by Crippen LogP contribution is 2.45. The van der Waals surface area contributed by atoms with Gasteiger partial charge in [0.05, 0.1) is 46.9 Å². The SMILES string of the molecule is C/C(=C\c1csc(C)n1)[C@@H]1CC2O[C@]2(C)CCC[C@H](C)[C@H](O)C(C)C(=O)C(C)(C)[C@H](C#N)CC(=O)O1. The molecular formula is C28H40N2O5S. The molecule has 0 bridgehead atoms. The summed E-state index contributed by atoms with van der Waals surface area (Å²) in [5, 5.41) is 23.7. The van der Waals surface area contributed by atoms with Crippen molar-refractivity contribution in [1.82, 2.24) is 4.98 Å². The van der Waals surface area contributed by atoms with Gasteiger partial charge in [-0.25, -0.2) is 4.98 Å². The summed E-state index contributed by atoms with van der Waals surface area (Å²) in [6.07, 6.45) is 3.32. The maximum Gasteiger partial charge on any atom is 0.307 e. The molecule has 8 heteroatoms. The van der Waals surface area contributed by atoms with E-state index >= 15 is 0 Å². The minimum atomic E-state index is -1.11. The Morgan fingerprint density at radius 1 is 1.31 bits per heavy atom. The molecule has 0 aromatic carbocycles. The maximum absolute atomic E-state index is 13.4. The molecule has 3 rings (SSSR count). The molecule has 2 unspecified atom stereocenters. The van der Waals surface area contributed by atoms with Gasteiger partial charge < -0.3 is 14.6 Å². The van der Waals surface area contributed by atoms with E-state index in [9.17, 15) is 20.0 Å². The fourth-order valence-electron chi connectivity index (χ4n) is 5.29. The summed E-state index contributed by atoms with van der Waals surface area (Å²) in [5.41, 5.74) is 0.270. The van der Waals surface area contributed by atoms with Crippen molar-refractivity contribution < 1.29 is 24.2 Å². The van der Waals surface area contributed by atoms with Crippen LogP contribution in [0.1, 0.15) is 84.3 Å². The Labute approximate surface area is 218 Å². The Morgan fingerprint density at radius 2 is 2.00 bits per heavy atom. The van der Waals surface area contributed by atoms with Crippen molar-refractivity contribution in [2.24, 2.45) is 23.2 Å². The number of nitriles is 1. The molecule has 198 valence electrons. The number of carbonyl (C=O) groups excluding carboxylic acids is 2. The lowest BCUT2D eigenvalue weighted by molar-refractivity contribution is -0.150. The van der Waals surface area contributed by atoms with Gasteiger partial charge in [0, 0.05) is 23.1 Å². The topological polar surface area (TPSA) is 113 Å². The molecule has 0 aliphatic carbocycles. The molecule has 0 radical (unpaired) electrons. The first-order valence-electron chi connectivity index (χ1n) is 12.9. The molecule has 1 aromatic heterocycles. The number of aryl methyl sites for hydroxylation is 1. The van der Waals surface area contributed by atoms with Crippen molar-refractivity contribution in [1.29, 1.82) is 5.26 Å². The normalized spacial score (nSPS) is 36.5. The molecule has 2 fully saturated rings. The fourth-order valence-corrected chi connectivity index (χ4v) is 5.86. The van der Waals surface area contributed by atoms with E-state index in [0.717, 1.165) is 35.5 Å². The molecule has 0 saturated carbocycles. The number of aliphatic hydroxyl groups excluding tert-OH is 1. The Hall–Kier alpha value is -2.08. The summed E-state index contributed by atoms with van der Waals surface area (Å²) in [6, 6.07) is 2.16. The van der Waals surface area contributed by atoms with E-state index in [2.05, 4.69) is 18.0 Å². The highest BCUT2D eigenvalue weighted by molar-refractivity contribution is 7.09. The first kappa shape index (κ1) is 28.5. The van der Waals surface area contributed by atoms with Gasteiger partial charge in [-0.2, -0.15) is 5.26 Å². The van der Waals surface area contributed by atoms with E-state index in [4.69, 9.17) is 9.47 Å². The Kier molecular flexibility index (Phi) is 8.80. The fraction of sp³-hybridized carbons (Fsp3) is 0.714. The predicted molar refractivity (Wildman–Crippen MR) is 139 cm³/mol. The van der Waals surface area contributed by atoms with Gasteiger partial charge in [0.25, 0.3) is 0 Å². The summed E-state index contributed by atoms with van der Waals surface area (Å²) in [5.74, 6) is -2.32. The van der Waals surface area contributed by atoms with Crippen molar-refractivity contribution in [3.8, 4) is 6.07 Å². The van der Waals surface area contributed by atoms with E-state index in [1.165, 1.54) is 0 Å². The lowest BCUT2D eigenvalue weighted by atomic mass is 9.69. The second-order valence-corrected chi connectivity index (χ2v) is 12.5. The van der Waals surface area contributed by atoms with Crippen LogP contribution in [0, 0.1) is 41.4 Å². The third kappa shape index (κ3) is 6.42. The molecule has 2 aliphatic rings. The highest BCUT2D eigenvalue weighted by atomic mass is 32.1. The van der Waals surface area contributed by atoms with Crippen LogP contribution >= 0.6 is 11.3 Å². The van der Waals surface area contributed by atoms with Gasteiger partial charge >= 0.3 is 5.97 Å². The van der Waals surface area contributed by atoms with E-state index in [1.807, 2.05) is 32.2 Å². The van der Waals surface area contributed by atoms with Crippen LogP contribution in [0.5, 0.6) is 0 Å². The minimum absolute atomic E-state index is 0.0485. The van der Waals surface area contributed by atoms with Crippen LogP contribution in [0.3, 0.4) is 0 Å². The quantitative estimate of drug-likeness (QED) is 0.421. The van der Waals surface area contributed by atoms with Crippen LogP contribution in [0.4, 0.5) is 0 Å². The Bertz CT molecular complexity index is 1040. The number of aromatic nitrogens is 1. The van der Waals surface area contributed by atoms with Crippen LogP contribution < -0.4 is 0 Å². The van der Waals surface area contributed by atoms with E-state index < -0.39 is 35.4 Å². The van der Waals surface area contributed by atoms with E-state index in [0.29, 0.717) is 6.42 Å². The standard InChI is InChI=1S/C28H40N2O5S/c1-16-9-8-10-28(7)23(35-28)13-22(17(2)11-21-15-36-19(4)30-21)34-24(31)12-20(14-29)27(5,6)26(33)18(3)25(16)32/h11,15-16,18,20,22-23,25,32H,8-10,12-13H2,1-7H3/b17-11+/t16-,18?,20-,22-,23?,25-,28+/m0/s1. The third-order valence-corrected chi connectivity index (χ3v) is 8.92. The van der Waals surface area contributed by atoms with Gasteiger partial charge in [-0.15, -0.1) is 11.3 Å². The summed E-state index contributed by atoms with van der Waals surface area (Å²) >= 11 is 1.56. The second-order valence-electron chi connectivity index (χ2n) is 11.4. The number of aliphatic hydroxyl groups is 1. The zero-order valence-corrected chi connectivity index (χ0v) is 23.4. The number of epoxide rings is 1. The molecule has 0 spiro atoms. The molecule has 1 aromatic rings. The summed E-state index contributed by atoms with van der Waals surface area (Å²) in [6.45, 7) is 13.0. The average Bonchev–Trinajstić information content (AvgIpc) is 3.26. The van der Waals surface area contributed by atoms with E-state index in [-0.39, 0.29) is 29.8 Å². The van der Waals surface area contributed by atoms with Crippen molar-refractivity contribution >= 4 is 29.2 Å². The first-order chi connectivity index (χ1) is 16.8. The molecule has 36 heavy (non-hydrogen) atoms. The maximum atomic E-state index is 13.4. The number of fused-ring (bicyclic) bond motifs is 1. The number of Topliss-reactive ketones (excluding diaryl/α,β-unsaturated/α-hetero) is 1. The van der Waals surface area contributed by atoms with Crippen LogP contribution in [-0.4, -0.2) is 45.8 Å². The Balaban J connectivity index is 1.89. The zero-order valence-electron chi connectivity index (χ0n) is 22.5. The van der Waals surface area contributed by atoms with Gasteiger partial charge in [-0.05, 0) is 51.2 Å². The van der Waals surface area contributed by atoms with Crippen molar-refractivity contribution in [2.45, 2.75) is 104 Å². The number of cyclic esters (lactones) is 1. The molecule has 7 atom stereocenters. The number of rotatable bonds is 2.